The zero-order valence-corrected chi connectivity index (χ0v) is 20.2. The van der Waals surface area contributed by atoms with Crippen LogP contribution in [0.25, 0.3) is 0 Å². The maximum atomic E-state index is 12.9. The molecule has 172 valence electrons. The van der Waals surface area contributed by atoms with Crippen molar-refractivity contribution < 1.29 is 14.3 Å². The van der Waals surface area contributed by atoms with Crippen LogP contribution in [0.2, 0.25) is 0 Å². The molecule has 32 heavy (non-hydrogen) atoms. The monoisotopic (exact) mass is 437 g/mol. The van der Waals surface area contributed by atoms with Gasteiger partial charge in [-0.3, -0.25) is 9.59 Å². The van der Waals surface area contributed by atoms with Crippen molar-refractivity contribution in [2.45, 2.75) is 51.6 Å². The Labute approximate surface area is 191 Å². The van der Waals surface area contributed by atoms with Gasteiger partial charge in [0.15, 0.2) is 0 Å². The van der Waals surface area contributed by atoms with Crippen LogP contribution in [0.5, 0.6) is 5.75 Å². The molecule has 3 atom stereocenters. The van der Waals surface area contributed by atoms with Gasteiger partial charge < -0.3 is 20.3 Å². The van der Waals surface area contributed by atoms with Gasteiger partial charge in [-0.15, -0.1) is 0 Å². The number of para-hydroxylation sites is 1. The van der Waals surface area contributed by atoms with E-state index in [1.54, 1.807) is 4.90 Å². The first-order valence-corrected chi connectivity index (χ1v) is 11.0. The van der Waals surface area contributed by atoms with Gasteiger partial charge in [-0.25, -0.2) is 0 Å². The Hall–Kier alpha value is -2.86. The number of fused-ring (bicyclic) bond motifs is 1. The fraction of sp³-hybridized carbons (Fsp3) is 0.462. The lowest BCUT2D eigenvalue weighted by atomic mass is 9.57. The van der Waals surface area contributed by atoms with E-state index in [1.807, 2.05) is 83.4 Å². The average Bonchev–Trinajstić information content (AvgIpc) is 2.71. The minimum atomic E-state index is -0.808. The summed E-state index contributed by atoms with van der Waals surface area (Å²) in [5.41, 5.74) is 7.16. The Morgan fingerprint density at radius 3 is 2.22 bits per heavy atom. The van der Waals surface area contributed by atoms with E-state index in [4.69, 9.17) is 10.5 Å². The molecule has 6 heteroatoms. The quantitative estimate of drug-likeness (QED) is 0.750. The molecule has 0 saturated carbocycles. The zero-order chi connectivity index (χ0) is 23.8. The summed E-state index contributed by atoms with van der Waals surface area (Å²) < 4.78 is 5.95. The molecule has 2 aromatic rings. The number of ether oxygens (including phenoxy) is 1. The van der Waals surface area contributed by atoms with E-state index in [9.17, 15) is 9.59 Å². The Kier molecular flexibility index (Phi) is 6.38. The van der Waals surface area contributed by atoms with Crippen molar-refractivity contribution in [2.24, 2.45) is 11.7 Å². The predicted molar refractivity (Wildman–Crippen MR) is 128 cm³/mol. The number of anilines is 1. The van der Waals surface area contributed by atoms with Gasteiger partial charge in [-0.05, 0) is 64.2 Å². The molecule has 0 aliphatic carbocycles. The van der Waals surface area contributed by atoms with Crippen LogP contribution >= 0.6 is 0 Å². The topological polar surface area (TPSA) is 75.9 Å². The van der Waals surface area contributed by atoms with Gasteiger partial charge in [-0.1, -0.05) is 37.3 Å². The summed E-state index contributed by atoms with van der Waals surface area (Å²) in [6.45, 7) is 10.1. The number of rotatable bonds is 6. The van der Waals surface area contributed by atoms with Crippen LogP contribution in [0.1, 0.15) is 45.7 Å². The molecule has 0 bridgehead atoms. The number of carbonyl (C=O) groups is 2. The van der Waals surface area contributed by atoms with Gasteiger partial charge in [0.1, 0.15) is 12.4 Å². The van der Waals surface area contributed by atoms with Crippen LogP contribution < -0.4 is 15.4 Å². The summed E-state index contributed by atoms with van der Waals surface area (Å²) in [6, 6.07) is 15.9. The summed E-state index contributed by atoms with van der Waals surface area (Å²) in [6.07, 6.45) is 0. The minimum Gasteiger partial charge on any atom is -0.492 e. The summed E-state index contributed by atoms with van der Waals surface area (Å²) >= 11 is 0. The van der Waals surface area contributed by atoms with Crippen molar-refractivity contribution in [2.75, 3.05) is 25.6 Å². The van der Waals surface area contributed by atoms with Crippen LogP contribution in [0.15, 0.2) is 48.5 Å². The molecule has 6 nitrogen and oxygen atoms in total. The molecule has 0 radical (unpaired) electrons. The highest BCUT2D eigenvalue weighted by atomic mass is 16.5. The third kappa shape index (κ3) is 3.88. The molecule has 0 saturated heterocycles. The highest BCUT2D eigenvalue weighted by Gasteiger charge is 2.57. The molecular formula is C26H35N3O3. The van der Waals surface area contributed by atoms with Gasteiger partial charge in [0.25, 0.3) is 0 Å². The number of amides is 2. The van der Waals surface area contributed by atoms with Crippen molar-refractivity contribution in [3.63, 3.8) is 0 Å². The average molecular weight is 438 g/mol. The molecule has 2 amide bonds. The maximum absolute atomic E-state index is 12.9. The summed E-state index contributed by atoms with van der Waals surface area (Å²) in [7, 11) is 4.04. The normalized spacial score (nSPS) is 22.9. The maximum Gasteiger partial charge on any atom is 0.224 e. The van der Waals surface area contributed by atoms with E-state index in [-0.39, 0.29) is 11.9 Å². The van der Waals surface area contributed by atoms with Gasteiger partial charge in [0, 0.05) is 24.1 Å². The summed E-state index contributed by atoms with van der Waals surface area (Å²) in [5, 5.41) is 0. The largest absolute Gasteiger partial charge is 0.492 e. The molecule has 3 unspecified atom stereocenters. The van der Waals surface area contributed by atoms with E-state index in [0.717, 1.165) is 22.6 Å². The van der Waals surface area contributed by atoms with Crippen molar-refractivity contribution >= 4 is 17.5 Å². The van der Waals surface area contributed by atoms with Crippen molar-refractivity contribution in [3.8, 4) is 5.75 Å². The second-order valence-corrected chi connectivity index (χ2v) is 9.71. The standard InChI is InChI=1S/C26H35N3O3/c1-17(28(6)7)16-32-20-14-12-19(13-15-20)26(5)21-10-8-9-11-22(21)29(18(2)30)25(3,4)23(26)24(27)31/h8-15,17,23H,16H2,1-7H3,(H2,27,31). The Balaban J connectivity index is 2.11. The molecule has 2 aromatic carbocycles. The third-order valence-electron chi connectivity index (χ3n) is 6.99. The summed E-state index contributed by atoms with van der Waals surface area (Å²) in [4.78, 5) is 29.4. The zero-order valence-electron chi connectivity index (χ0n) is 20.2. The molecule has 1 aliphatic rings. The van der Waals surface area contributed by atoms with Crippen LogP contribution in [0, 0.1) is 5.92 Å². The first-order chi connectivity index (χ1) is 14.9. The third-order valence-corrected chi connectivity index (χ3v) is 6.99. The molecule has 0 spiro atoms. The van der Waals surface area contributed by atoms with Gasteiger partial charge >= 0.3 is 0 Å². The molecule has 0 fully saturated rings. The number of primary amides is 1. The first kappa shape index (κ1) is 23.8. The molecule has 1 heterocycles. The predicted octanol–water partition coefficient (Wildman–Crippen LogP) is 3.57. The molecular weight excluding hydrogens is 402 g/mol. The molecule has 1 aliphatic heterocycles. The Bertz CT molecular complexity index is 1000. The van der Waals surface area contributed by atoms with E-state index in [1.165, 1.54) is 6.92 Å². The fourth-order valence-corrected chi connectivity index (χ4v) is 5.20. The van der Waals surface area contributed by atoms with Crippen molar-refractivity contribution in [1.29, 1.82) is 0 Å². The second kappa shape index (κ2) is 8.58. The van der Waals surface area contributed by atoms with Gasteiger partial charge in [-0.2, -0.15) is 0 Å². The Morgan fingerprint density at radius 2 is 1.69 bits per heavy atom. The van der Waals surface area contributed by atoms with Crippen molar-refractivity contribution in [1.82, 2.24) is 4.90 Å². The lowest BCUT2D eigenvalue weighted by molar-refractivity contribution is -0.127. The van der Waals surface area contributed by atoms with Crippen LogP contribution in [0.3, 0.4) is 0 Å². The number of benzene rings is 2. The van der Waals surface area contributed by atoms with Gasteiger partial charge in [0.2, 0.25) is 11.8 Å². The fourth-order valence-electron chi connectivity index (χ4n) is 5.20. The van der Waals surface area contributed by atoms with Crippen LogP contribution in [0.4, 0.5) is 5.69 Å². The van der Waals surface area contributed by atoms with Gasteiger partial charge in [0.05, 0.1) is 11.5 Å². The number of hydrogen-bond donors (Lipinski definition) is 1. The van der Waals surface area contributed by atoms with Crippen LogP contribution in [-0.2, 0) is 15.0 Å². The smallest absolute Gasteiger partial charge is 0.224 e. The lowest BCUT2D eigenvalue weighted by Gasteiger charge is -2.55. The number of likely N-dealkylation sites (N-methyl/N-ethyl adjacent to an activating group) is 1. The number of nitrogens with two attached hydrogens (primary N) is 1. The number of hydrogen-bond acceptors (Lipinski definition) is 4. The lowest BCUT2D eigenvalue weighted by Crippen LogP contribution is -2.65. The minimum absolute atomic E-state index is 0.116. The van der Waals surface area contributed by atoms with Crippen molar-refractivity contribution in [3.05, 3.63) is 59.7 Å². The first-order valence-electron chi connectivity index (χ1n) is 11.0. The Morgan fingerprint density at radius 1 is 1.09 bits per heavy atom. The molecule has 3 rings (SSSR count). The summed E-state index contributed by atoms with van der Waals surface area (Å²) in [5.74, 6) is -0.405. The van der Waals surface area contributed by atoms with E-state index >= 15 is 0 Å². The second-order valence-electron chi connectivity index (χ2n) is 9.71. The highest BCUT2D eigenvalue weighted by Crippen LogP contribution is 2.54. The number of nitrogens with zero attached hydrogens (tertiary/aromatic N) is 2. The van der Waals surface area contributed by atoms with E-state index < -0.39 is 22.8 Å². The molecule has 0 aromatic heterocycles. The van der Waals surface area contributed by atoms with Crippen LogP contribution in [-0.4, -0.2) is 49.0 Å². The van der Waals surface area contributed by atoms with E-state index in [0.29, 0.717) is 6.61 Å². The van der Waals surface area contributed by atoms with E-state index in [2.05, 4.69) is 11.8 Å². The SMILES string of the molecule is CC(=O)N1c2ccccc2C(C)(c2ccc(OCC(C)N(C)C)cc2)C(C(N)=O)C1(C)C. The highest BCUT2D eigenvalue weighted by molar-refractivity contribution is 5.98. The number of carbonyl (C=O) groups excluding carboxylic acids is 2. The molecule has 2 N–H and O–H groups in total.